The molecule has 0 saturated carbocycles. The van der Waals surface area contributed by atoms with E-state index in [9.17, 15) is 25.3 Å². The van der Waals surface area contributed by atoms with Gasteiger partial charge in [0.15, 0.2) is 0 Å². The summed E-state index contributed by atoms with van der Waals surface area (Å²) in [5, 5.41) is -0.829. The fourth-order valence-electron chi connectivity index (χ4n) is 9.86. The molecule has 0 aromatic carbocycles. The van der Waals surface area contributed by atoms with Gasteiger partial charge >= 0.3 is 29.5 Å². The molecule has 5 saturated heterocycles. The lowest BCUT2D eigenvalue weighted by molar-refractivity contribution is -0.131. The number of hydrogen-bond acceptors (Lipinski definition) is 20. The van der Waals surface area contributed by atoms with Crippen LogP contribution in [0.15, 0.2) is 92.8 Å². The summed E-state index contributed by atoms with van der Waals surface area (Å²) in [6.45, 7) is -49.9. The predicted octanol–water partition coefficient (Wildman–Crippen LogP) is 7.75. The fourth-order valence-corrected chi connectivity index (χ4v) is 9.86. The molecule has 10 aromatic heterocycles. The number of H-pyrrole nitrogens is 5. The van der Waals surface area contributed by atoms with E-state index >= 15 is 0 Å². The summed E-state index contributed by atoms with van der Waals surface area (Å²) in [7, 11) is 0. The average Bonchev–Trinajstić information content (AvgIpc) is 0.821. The number of likely N-dealkylation sites (N-methyl/N-ethyl adjacent to an activating group) is 5. The highest BCUT2D eigenvalue weighted by atomic mass is 16.2. The Balaban J connectivity index is 0.000000217. The van der Waals surface area contributed by atoms with Crippen molar-refractivity contribution >= 4 is 114 Å². The van der Waals surface area contributed by atoms with Gasteiger partial charge in [-0.15, -0.1) is 0 Å². The first-order chi connectivity index (χ1) is 83.7. The molecule has 35 heteroatoms. The standard InChI is InChI=1S/5C16H20N6O/c5*1-11-5-7-22(14(23)8-17-2)9-13(11)21(3)16-12-4-6-18-15(12)19-10-20-16/h5*4,6,10-11,13H,5,7-9H2,1,3H3,(H,18,19,20)/t5*11-,13+/m11111/s1/i1D3,3D3,5D2,7D2,8D2,9D2,10D,13D;1D3,3D3,5D2,7D2,8D2,9D2,10D,11D;3D3,5D2,7D2,8D2,9D2,10D,13D;3D3,5D2,7D2,8D2,9D2,10D,11D;1D3,3D3,5D2,7D2,8D2,9D2,10D. The van der Waals surface area contributed by atoms with Crippen molar-refractivity contribution in [3.05, 3.63) is 150 Å². The molecule has 5 amide bonds. The Bertz CT molecular complexity index is 8780. The molecule has 10 aromatic rings. The molecule has 15 heterocycles. The van der Waals surface area contributed by atoms with Crippen molar-refractivity contribution in [3.8, 4) is 0 Å². The van der Waals surface area contributed by atoms with E-state index in [1.807, 2.05) is 0 Å². The van der Waals surface area contributed by atoms with Gasteiger partial charge in [-0.05, 0) is 91.7 Å². The second-order valence-electron chi connectivity index (χ2n) is 22.1. The molecule has 35 nitrogen and oxygen atoms in total. The number of likely N-dealkylation sites (tertiary alicyclic amines) is 5. The van der Waals surface area contributed by atoms with Crippen molar-refractivity contribution in [3.63, 3.8) is 0 Å². The number of nitrogens with zero attached hydrogens (tertiary/aromatic N) is 25. The normalized spacial score (nSPS) is 41.2. The van der Waals surface area contributed by atoms with E-state index in [-0.39, 0.29) is 79.7 Å². The lowest BCUT2D eigenvalue weighted by Crippen LogP contribution is -2.53. The zero-order chi connectivity index (χ0) is 146. The fraction of sp³-hybridized carbons (Fsp3) is 0.500. The molecule has 5 aliphatic rings. The minimum Gasteiger partial charge on any atom is -0.354 e. The van der Waals surface area contributed by atoms with Crippen molar-refractivity contribution in [2.75, 3.05) is 157 Å². The number of anilines is 5. The second kappa shape index (κ2) is 38.4. The lowest BCUT2D eigenvalue weighted by atomic mass is 9.92. The highest BCUT2D eigenvalue weighted by molar-refractivity contribution is 5.91. The molecule has 5 aliphatic heterocycles. The van der Waals surface area contributed by atoms with Crippen LogP contribution >= 0.6 is 0 Å². The lowest BCUT2D eigenvalue weighted by Gasteiger charge is -2.41. The Labute approximate surface area is 771 Å². The first-order valence-corrected chi connectivity index (χ1v) is 31.5. The molecular formula is C80H100N30O5. The number of aromatic nitrogens is 15. The Hall–Kier alpha value is -13.1. The topological polar surface area (TPSA) is 347 Å². The molecule has 5 N–H and O–H groups in total. The van der Waals surface area contributed by atoms with Crippen molar-refractivity contribution in [1.29, 1.82) is 0 Å². The maximum atomic E-state index is 13.1. The quantitative estimate of drug-likeness (QED) is 0.0612. The van der Waals surface area contributed by atoms with E-state index in [0.29, 0.717) is 0 Å². The Morgan fingerprint density at radius 2 is 0.661 bits per heavy atom. The zero-order valence-electron chi connectivity index (χ0n) is 131. The van der Waals surface area contributed by atoms with Gasteiger partial charge in [-0.25, -0.2) is 82.7 Å². The minimum atomic E-state index is -4.18. The summed E-state index contributed by atoms with van der Waals surface area (Å²) in [4.78, 5) is 124. The Morgan fingerprint density at radius 3 is 0.983 bits per heavy atom. The van der Waals surface area contributed by atoms with Crippen LogP contribution in [-0.2, 0) is 24.0 Å². The van der Waals surface area contributed by atoms with Gasteiger partial charge in [0.05, 0.1) is 73.5 Å². The summed E-state index contributed by atoms with van der Waals surface area (Å²) >= 11 is 0. The molecule has 10 atom stereocenters. The van der Waals surface area contributed by atoms with Gasteiger partial charge in [0.25, 0.3) is 32.5 Å². The molecule has 0 radical (unpaired) electrons. The van der Waals surface area contributed by atoms with E-state index in [2.05, 4.69) is 99.0 Å². The SMILES string of the molecule is [2H]c1nc(N(C([2H])([2H])[2H])[C@]2([2H])[C@H](C([2H])([2H])[2H])C([2H])([2H])C([2H])([2H])N(C(=O)C([2H])([2H])[N+]#[C-])C2([2H])[2H])c2cc[nH]c2n1.[2H]c1nc(N(C([2H])([2H])[2H])[C@]2([2H])[C@H](C)C([2H])([2H])C([2H])([2H])N(C(=O)C([2H])([2H])[N+]#[C-])C2([2H])[2H])c2cc[nH]c2n1.[2H]c1nc(N([C@@H]2[C@H](C([2H])([2H])[2H])C([2H])([2H])C([2H])([2H])N(C(=O)C([2H])([2H])[N+]#[C-])C2([2H])[2H])C([2H])([2H])[2H])c2cc[nH]c2n1.[2H]c1nc(N([C@H]2C([2H])([2H])N(C(=O)C([2H])([2H])[N+]#[C-])C([2H])([2H])C([2H])([2H])[C@@]2([2H])C([2H])([2H])[2H])C([2H])([2H])[2H])c2cc[nH]c2n1.[2H]c1nc(N([C@H]2C([2H])([2H])N(C(=O)C([2H])([2H])[N+]#[C-])C([2H])([2H])C([2H])([2H])[C@@]2([2H])C)C([2H])([2H])[2H])c2cc[nH]c2n1. The molecule has 0 unspecified atom stereocenters. The van der Waals surface area contributed by atoms with E-state index in [0.717, 1.165) is 26.0 Å². The van der Waals surface area contributed by atoms with Gasteiger partial charge in [-0.1, -0.05) is 34.4 Å². The average molecular weight is 1640 g/mol. The first-order valence-electron chi connectivity index (χ1n) is 68.0. The maximum Gasteiger partial charge on any atom is 0.302 e. The molecule has 600 valence electrons. The van der Waals surface area contributed by atoms with E-state index < -0.39 is 359 Å². The van der Waals surface area contributed by atoms with Crippen LogP contribution in [0.1, 0.15) is 166 Å². The molecule has 15 rings (SSSR count). The maximum absolute atomic E-state index is 13.1. The zero-order valence-corrected chi connectivity index (χ0v) is 58.0. The highest BCUT2D eigenvalue weighted by Crippen LogP contribution is 2.35. The summed E-state index contributed by atoms with van der Waals surface area (Å²) < 4.78 is 599. The molecular weight excluding hydrogens is 1460 g/mol. The van der Waals surface area contributed by atoms with Crippen LogP contribution in [0.3, 0.4) is 0 Å². The summed E-state index contributed by atoms with van der Waals surface area (Å²) in [6.07, 6.45) is -16.4. The molecule has 0 aliphatic carbocycles. The van der Waals surface area contributed by atoms with Crippen molar-refractivity contribution in [1.82, 2.24) is 99.3 Å². The third kappa shape index (κ3) is 19.2. The predicted molar refractivity (Wildman–Crippen MR) is 440 cm³/mol. The number of carbonyl (C=O) groups is 5. The summed E-state index contributed by atoms with van der Waals surface area (Å²) in [6, 6.07) is -9.86. The van der Waals surface area contributed by atoms with Crippen LogP contribution in [0.4, 0.5) is 29.1 Å². The third-order valence-corrected chi connectivity index (χ3v) is 15.2. The monoisotopic (exact) mass is 1630 g/mol. The number of amides is 5. The number of rotatable bonds is 15. The van der Waals surface area contributed by atoms with Crippen LogP contribution in [0, 0.1) is 62.4 Å². The van der Waals surface area contributed by atoms with Gasteiger partial charge in [0, 0.05) is 194 Å². The summed E-state index contributed by atoms with van der Waals surface area (Å²) in [5.41, 5.74) is -0.622. The number of fused-ring (bicyclic) bond motifs is 5. The molecule has 0 spiro atoms. The highest BCUT2D eigenvalue weighted by Gasteiger charge is 2.39. The van der Waals surface area contributed by atoms with Gasteiger partial charge in [-0.3, -0.25) is 24.0 Å². The number of piperidine rings is 5. The van der Waals surface area contributed by atoms with Crippen LogP contribution in [0.25, 0.3) is 79.4 Å². The second-order valence-corrected chi connectivity index (χ2v) is 22.1. The largest absolute Gasteiger partial charge is 0.354 e. The van der Waals surface area contributed by atoms with Gasteiger partial charge < -0.3 is 98.1 Å². The Kier molecular flexibility index (Phi) is 10.1. The Morgan fingerprint density at radius 1 is 0.391 bits per heavy atom. The first kappa shape index (κ1) is 30.3. The smallest absolute Gasteiger partial charge is 0.302 e. The number of aromatic amines is 5. The van der Waals surface area contributed by atoms with Crippen LogP contribution in [-0.4, -0.2) is 291 Å². The van der Waals surface area contributed by atoms with Crippen LogP contribution in [0.5, 0.6) is 0 Å². The van der Waals surface area contributed by atoms with E-state index in [1.165, 1.54) is 49.2 Å². The minimum absolute atomic E-state index is 0.0436. The molecule has 5 fully saturated rings. The number of hydrogen-bond donors (Lipinski definition) is 5. The van der Waals surface area contributed by atoms with Crippen LogP contribution < -0.4 is 24.5 Å². The number of carbonyl (C=O) groups excluding carboxylic acids is 5. The van der Waals surface area contributed by atoms with Gasteiger partial charge in [0.1, 0.15) is 109 Å². The third-order valence-electron chi connectivity index (χ3n) is 15.2. The van der Waals surface area contributed by atoms with Crippen molar-refractivity contribution in [2.24, 2.45) is 29.5 Å². The summed E-state index contributed by atoms with van der Waals surface area (Å²) in [5.74, 6) is -30.1. The van der Waals surface area contributed by atoms with Crippen LogP contribution in [0.2, 0.25) is 0 Å². The van der Waals surface area contributed by atoms with Gasteiger partial charge in [-0.2, -0.15) is 0 Å². The number of nitrogens with one attached hydrogen (secondary N) is 5. The van der Waals surface area contributed by atoms with Crippen molar-refractivity contribution < 1.29 is 124 Å². The van der Waals surface area contributed by atoms with E-state index in [1.54, 1.807) is 0 Å². The van der Waals surface area contributed by atoms with Gasteiger partial charge in [0.2, 0.25) is 0 Å². The van der Waals surface area contributed by atoms with Crippen molar-refractivity contribution in [2.45, 2.75) is 96.4 Å². The van der Waals surface area contributed by atoms with E-state index in [4.69, 9.17) is 132 Å². The molecule has 0 bridgehead atoms. The molecule has 115 heavy (non-hydrogen) atoms.